The number of thiol groups is 1. The van der Waals surface area contributed by atoms with Crippen molar-refractivity contribution in [2.24, 2.45) is 11.8 Å². The van der Waals surface area contributed by atoms with E-state index in [2.05, 4.69) is 76.0 Å². The first kappa shape index (κ1) is 23.6. The molecule has 2 unspecified atom stereocenters. The Balaban J connectivity index is 2.13. The van der Waals surface area contributed by atoms with E-state index >= 15 is 0 Å². The SMILES string of the molecule is C=C/C(Cl)=C(/CCc1ccc(C(=C)c2ccccc2)cc1)C(CC)C(CC)CS. The van der Waals surface area contributed by atoms with Crippen LogP contribution in [-0.4, -0.2) is 5.75 Å². The normalized spacial score (nSPS) is 14.1. The van der Waals surface area contributed by atoms with Gasteiger partial charge < -0.3 is 0 Å². The predicted molar refractivity (Wildman–Crippen MR) is 134 cm³/mol. The van der Waals surface area contributed by atoms with Gasteiger partial charge in [-0.15, -0.1) is 0 Å². The maximum Gasteiger partial charge on any atom is 0.0395 e. The number of allylic oxidation sites excluding steroid dienone is 3. The average molecular weight is 425 g/mol. The van der Waals surface area contributed by atoms with Gasteiger partial charge in [0.25, 0.3) is 0 Å². The quantitative estimate of drug-likeness (QED) is 0.272. The van der Waals surface area contributed by atoms with Gasteiger partial charge in [-0.3, -0.25) is 0 Å². The zero-order chi connectivity index (χ0) is 21.2. The molecular weight excluding hydrogens is 392 g/mol. The minimum atomic E-state index is 0.458. The molecule has 0 N–H and O–H groups in total. The molecule has 0 aromatic heterocycles. The number of halogens is 1. The van der Waals surface area contributed by atoms with Crippen LogP contribution in [0.1, 0.15) is 49.8 Å². The monoisotopic (exact) mass is 424 g/mol. The van der Waals surface area contributed by atoms with E-state index in [0.29, 0.717) is 11.8 Å². The standard InChI is InChI=1S/C27H33ClS/c1-5-22(19-29)25(6-2)26(27(28)7-3)18-15-21-13-16-24(17-14-21)20(4)23-11-9-8-10-12-23/h7-14,16-17,22,25,29H,3-6,15,18-19H2,1-2H3/b27-26+. The summed E-state index contributed by atoms with van der Waals surface area (Å²) in [5.41, 5.74) is 6.01. The molecule has 0 heterocycles. The highest BCUT2D eigenvalue weighted by molar-refractivity contribution is 7.80. The summed E-state index contributed by atoms with van der Waals surface area (Å²) >= 11 is 11.2. The largest absolute Gasteiger partial charge is 0.179 e. The lowest BCUT2D eigenvalue weighted by molar-refractivity contribution is 0.385. The molecule has 2 heteroatoms. The van der Waals surface area contributed by atoms with Gasteiger partial charge in [0.2, 0.25) is 0 Å². The van der Waals surface area contributed by atoms with Gasteiger partial charge in [0.1, 0.15) is 0 Å². The first-order valence-corrected chi connectivity index (χ1v) is 11.5. The summed E-state index contributed by atoms with van der Waals surface area (Å²) in [7, 11) is 0. The molecule has 0 fully saturated rings. The molecule has 0 aliphatic carbocycles. The molecule has 0 saturated carbocycles. The molecule has 2 atom stereocenters. The van der Waals surface area contributed by atoms with Gasteiger partial charge in [-0.25, -0.2) is 0 Å². The molecule has 0 radical (unpaired) electrons. The van der Waals surface area contributed by atoms with Gasteiger partial charge in [-0.1, -0.05) is 106 Å². The minimum Gasteiger partial charge on any atom is -0.179 e. The van der Waals surface area contributed by atoms with Crippen LogP contribution in [0.3, 0.4) is 0 Å². The van der Waals surface area contributed by atoms with E-state index in [1.165, 1.54) is 11.1 Å². The lowest BCUT2D eigenvalue weighted by Gasteiger charge is -2.27. The summed E-state index contributed by atoms with van der Waals surface area (Å²) in [6, 6.07) is 19.1. The second-order valence-corrected chi connectivity index (χ2v) is 8.26. The summed E-state index contributed by atoms with van der Waals surface area (Å²) < 4.78 is 0. The van der Waals surface area contributed by atoms with Crippen LogP contribution in [0.25, 0.3) is 5.57 Å². The van der Waals surface area contributed by atoms with Crippen LogP contribution < -0.4 is 0 Å². The Hall–Kier alpha value is -1.70. The molecule has 0 saturated heterocycles. The van der Waals surface area contributed by atoms with E-state index in [1.807, 2.05) is 18.2 Å². The molecule has 2 aromatic rings. The van der Waals surface area contributed by atoms with Crippen LogP contribution in [0.4, 0.5) is 0 Å². The fraction of sp³-hybridized carbons (Fsp3) is 0.333. The molecular formula is C27H33ClS. The predicted octanol–water partition coefficient (Wildman–Crippen LogP) is 8.34. The summed E-state index contributed by atoms with van der Waals surface area (Å²) in [5, 5.41) is 0.811. The maximum atomic E-state index is 6.59. The van der Waals surface area contributed by atoms with Crippen molar-refractivity contribution in [1.82, 2.24) is 0 Å². The zero-order valence-electron chi connectivity index (χ0n) is 17.7. The van der Waals surface area contributed by atoms with Gasteiger partial charge in [-0.05, 0) is 64.7 Å². The lowest BCUT2D eigenvalue weighted by atomic mass is 9.80. The third-order valence-corrected chi connectivity index (χ3v) is 6.68. The van der Waals surface area contributed by atoms with Gasteiger partial charge in [0.15, 0.2) is 0 Å². The Kier molecular flexibility index (Phi) is 9.84. The van der Waals surface area contributed by atoms with Crippen LogP contribution in [0, 0.1) is 11.8 Å². The summed E-state index contributed by atoms with van der Waals surface area (Å²) in [6.07, 6.45) is 5.90. The first-order chi connectivity index (χ1) is 14.0. The molecule has 2 aromatic carbocycles. The second kappa shape index (κ2) is 12.1. The highest BCUT2D eigenvalue weighted by Crippen LogP contribution is 2.34. The van der Waals surface area contributed by atoms with E-state index in [4.69, 9.17) is 11.6 Å². The van der Waals surface area contributed by atoms with Crippen molar-refractivity contribution < 1.29 is 0 Å². The van der Waals surface area contributed by atoms with Gasteiger partial charge >= 0.3 is 0 Å². The zero-order valence-corrected chi connectivity index (χ0v) is 19.4. The Labute approximate surface area is 187 Å². The number of hydrogen-bond acceptors (Lipinski definition) is 1. The number of benzene rings is 2. The minimum absolute atomic E-state index is 0.458. The van der Waals surface area contributed by atoms with E-state index in [1.54, 1.807) is 6.08 Å². The lowest BCUT2D eigenvalue weighted by Crippen LogP contribution is -2.19. The topological polar surface area (TPSA) is 0 Å². The molecule has 154 valence electrons. The van der Waals surface area contributed by atoms with Crippen molar-refractivity contribution in [3.05, 3.63) is 101 Å². The van der Waals surface area contributed by atoms with Crippen LogP contribution in [0.5, 0.6) is 0 Å². The fourth-order valence-corrected chi connectivity index (χ4v) is 4.72. The number of aryl methyl sites for hydroxylation is 1. The smallest absolute Gasteiger partial charge is 0.0395 e. The number of hydrogen-bond donors (Lipinski definition) is 1. The summed E-state index contributed by atoms with van der Waals surface area (Å²) in [6.45, 7) is 12.6. The molecule has 0 aliphatic heterocycles. The van der Waals surface area contributed by atoms with E-state index in [0.717, 1.165) is 53.2 Å². The highest BCUT2D eigenvalue weighted by Gasteiger charge is 2.23. The molecule has 0 bridgehead atoms. The van der Waals surface area contributed by atoms with Gasteiger partial charge in [0.05, 0.1) is 0 Å². The van der Waals surface area contributed by atoms with Crippen molar-refractivity contribution in [2.45, 2.75) is 39.5 Å². The Morgan fingerprint density at radius 1 is 1.00 bits per heavy atom. The molecule has 0 spiro atoms. The van der Waals surface area contributed by atoms with Crippen molar-refractivity contribution >= 4 is 29.8 Å². The molecule has 29 heavy (non-hydrogen) atoms. The molecule has 0 nitrogen and oxygen atoms in total. The van der Waals surface area contributed by atoms with E-state index in [-0.39, 0.29) is 0 Å². The van der Waals surface area contributed by atoms with Crippen LogP contribution in [0.2, 0.25) is 0 Å². The average Bonchev–Trinajstić information content (AvgIpc) is 2.78. The van der Waals surface area contributed by atoms with Crippen molar-refractivity contribution in [3.8, 4) is 0 Å². The van der Waals surface area contributed by atoms with Crippen LogP contribution >= 0.6 is 24.2 Å². The third-order valence-electron chi connectivity index (χ3n) is 5.81. The van der Waals surface area contributed by atoms with Gasteiger partial charge in [0, 0.05) is 5.03 Å². The molecule has 0 amide bonds. The third kappa shape index (κ3) is 6.39. The number of rotatable bonds is 11. The summed E-state index contributed by atoms with van der Waals surface area (Å²) in [4.78, 5) is 0. The Morgan fingerprint density at radius 2 is 1.62 bits per heavy atom. The Morgan fingerprint density at radius 3 is 2.14 bits per heavy atom. The van der Waals surface area contributed by atoms with Crippen LogP contribution in [-0.2, 0) is 6.42 Å². The fourth-order valence-electron chi connectivity index (χ4n) is 3.98. The molecule has 2 rings (SSSR count). The van der Waals surface area contributed by atoms with Crippen molar-refractivity contribution in [3.63, 3.8) is 0 Å². The van der Waals surface area contributed by atoms with E-state index < -0.39 is 0 Å². The maximum absolute atomic E-state index is 6.59. The first-order valence-electron chi connectivity index (χ1n) is 10.5. The van der Waals surface area contributed by atoms with Crippen molar-refractivity contribution in [2.75, 3.05) is 5.75 Å². The Bertz CT molecular complexity index is 813. The van der Waals surface area contributed by atoms with Crippen molar-refractivity contribution in [1.29, 1.82) is 0 Å². The highest BCUT2D eigenvalue weighted by atomic mass is 35.5. The second-order valence-electron chi connectivity index (χ2n) is 7.48. The van der Waals surface area contributed by atoms with E-state index in [9.17, 15) is 0 Å². The summed E-state index contributed by atoms with van der Waals surface area (Å²) in [5.74, 6) is 1.89. The van der Waals surface area contributed by atoms with Gasteiger partial charge in [-0.2, -0.15) is 12.6 Å². The van der Waals surface area contributed by atoms with Crippen LogP contribution in [0.15, 0.2) is 84.4 Å². The molecule has 0 aliphatic rings.